The lowest BCUT2D eigenvalue weighted by molar-refractivity contribution is 0.156. The SMILES string of the molecule is COCC(C)CNC(C)c1ccco1. The summed E-state index contributed by atoms with van der Waals surface area (Å²) in [6, 6.07) is 4.16. The molecule has 0 aromatic carbocycles. The number of nitrogens with one attached hydrogen (secondary N) is 1. The Morgan fingerprint density at radius 1 is 1.50 bits per heavy atom. The third-order valence-corrected chi connectivity index (χ3v) is 2.19. The molecule has 0 aliphatic rings. The van der Waals surface area contributed by atoms with Crippen molar-refractivity contribution >= 4 is 0 Å². The minimum atomic E-state index is 0.268. The maximum atomic E-state index is 5.29. The molecule has 1 N–H and O–H groups in total. The molecular formula is C11H19NO2. The number of ether oxygens (including phenoxy) is 1. The van der Waals surface area contributed by atoms with Crippen molar-refractivity contribution < 1.29 is 9.15 Å². The molecule has 1 rings (SSSR count). The molecule has 0 aliphatic heterocycles. The fourth-order valence-corrected chi connectivity index (χ4v) is 1.36. The summed E-state index contributed by atoms with van der Waals surface area (Å²) in [7, 11) is 1.73. The summed E-state index contributed by atoms with van der Waals surface area (Å²) < 4.78 is 10.4. The van der Waals surface area contributed by atoms with Crippen LogP contribution in [-0.2, 0) is 4.74 Å². The van der Waals surface area contributed by atoms with Gasteiger partial charge in [-0.3, -0.25) is 0 Å². The van der Waals surface area contributed by atoms with Crippen molar-refractivity contribution in [2.75, 3.05) is 20.3 Å². The molecule has 80 valence electrons. The van der Waals surface area contributed by atoms with Crippen LogP contribution in [0.5, 0.6) is 0 Å². The molecule has 3 nitrogen and oxygen atoms in total. The maximum Gasteiger partial charge on any atom is 0.120 e. The van der Waals surface area contributed by atoms with Gasteiger partial charge in [0.2, 0.25) is 0 Å². The summed E-state index contributed by atoms with van der Waals surface area (Å²) >= 11 is 0. The van der Waals surface area contributed by atoms with Crippen LogP contribution in [0.2, 0.25) is 0 Å². The summed E-state index contributed by atoms with van der Waals surface area (Å²) in [5.74, 6) is 1.51. The van der Waals surface area contributed by atoms with Crippen molar-refractivity contribution in [3.8, 4) is 0 Å². The zero-order chi connectivity index (χ0) is 10.4. The molecule has 0 bridgehead atoms. The number of furan rings is 1. The monoisotopic (exact) mass is 197 g/mol. The zero-order valence-corrected chi connectivity index (χ0v) is 9.12. The first kappa shape index (κ1) is 11.3. The molecule has 0 amide bonds. The molecule has 3 heteroatoms. The van der Waals surface area contributed by atoms with Crippen molar-refractivity contribution in [2.45, 2.75) is 19.9 Å². The van der Waals surface area contributed by atoms with E-state index in [0.717, 1.165) is 18.9 Å². The van der Waals surface area contributed by atoms with E-state index in [-0.39, 0.29) is 6.04 Å². The van der Waals surface area contributed by atoms with Crippen molar-refractivity contribution in [3.05, 3.63) is 24.2 Å². The van der Waals surface area contributed by atoms with Crippen LogP contribution in [0.3, 0.4) is 0 Å². The van der Waals surface area contributed by atoms with Gasteiger partial charge >= 0.3 is 0 Å². The summed E-state index contributed by atoms with van der Waals surface area (Å²) in [6.07, 6.45) is 1.70. The predicted molar refractivity (Wildman–Crippen MR) is 56.2 cm³/mol. The highest BCUT2D eigenvalue weighted by Crippen LogP contribution is 2.12. The molecule has 14 heavy (non-hydrogen) atoms. The molecule has 2 unspecified atom stereocenters. The summed E-state index contributed by atoms with van der Waals surface area (Å²) in [6.45, 7) is 5.98. The lowest BCUT2D eigenvalue weighted by atomic mass is 10.2. The minimum absolute atomic E-state index is 0.268. The topological polar surface area (TPSA) is 34.4 Å². The van der Waals surface area contributed by atoms with Crippen LogP contribution in [-0.4, -0.2) is 20.3 Å². The first-order valence-corrected chi connectivity index (χ1v) is 4.99. The van der Waals surface area contributed by atoms with Crippen molar-refractivity contribution in [2.24, 2.45) is 5.92 Å². The van der Waals surface area contributed by atoms with Crippen LogP contribution in [0.4, 0.5) is 0 Å². The Kier molecular flexibility index (Phi) is 4.70. The quantitative estimate of drug-likeness (QED) is 0.759. The van der Waals surface area contributed by atoms with Crippen molar-refractivity contribution in [1.29, 1.82) is 0 Å². The van der Waals surface area contributed by atoms with E-state index in [1.54, 1.807) is 13.4 Å². The van der Waals surface area contributed by atoms with Gasteiger partial charge in [0.25, 0.3) is 0 Å². The number of rotatable bonds is 6. The molecule has 1 aromatic rings. The molecule has 2 atom stereocenters. The summed E-state index contributed by atoms with van der Waals surface area (Å²) in [5, 5.41) is 3.40. The largest absolute Gasteiger partial charge is 0.468 e. The van der Waals surface area contributed by atoms with Gasteiger partial charge in [0, 0.05) is 20.3 Å². The number of methoxy groups -OCH3 is 1. The second-order valence-electron chi connectivity index (χ2n) is 3.71. The van der Waals surface area contributed by atoms with Crippen LogP contribution in [0.15, 0.2) is 22.8 Å². The molecule has 0 saturated carbocycles. The summed E-state index contributed by atoms with van der Waals surface area (Å²) in [4.78, 5) is 0. The van der Waals surface area contributed by atoms with E-state index in [0.29, 0.717) is 5.92 Å². The lowest BCUT2D eigenvalue weighted by Crippen LogP contribution is -2.26. The van der Waals surface area contributed by atoms with Crippen LogP contribution in [0.25, 0.3) is 0 Å². The second-order valence-corrected chi connectivity index (χ2v) is 3.71. The van der Waals surface area contributed by atoms with Crippen LogP contribution < -0.4 is 5.32 Å². The Morgan fingerprint density at radius 2 is 2.29 bits per heavy atom. The molecule has 1 heterocycles. The highest BCUT2D eigenvalue weighted by Gasteiger charge is 2.08. The minimum Gasteiger partial charge on any atom is -0.468 e. The Bertz CT molecular complexity index is 233. The van der Waals surface area contributed by atoms with E-state index in [1.165, 1.54) is 0 Å². The first-order chi connectivity index (χ1) is 6.74. The highest BCUT2D eigenvalue weighted by atomic mass is 16.5. The van der Waals surface area contributed by atoms with Gasteiger partial charge in [-0.25, -0.2) is 0 Å². The maximum absolute atomic E-state index is 5.29. The molecule has 0 fully saturated rings. The van der Waals surface area contributed by atoms with Crippen molar-refractivity contribution in [3.63, 3.8) is 0 Å². The van der Waals surface area contributed by atoms with Gasteiger partial charge in [-0.15, -0.1) is 0 Å². The van der Waals surface area contributed by atoms with Gasteiger partial charge in [0.05, 0.1) is 12.3 Å². The predicted octanol–water partition coefficient (Wildman–Crippen LogP) is 2.21. The van der Waals surface area contributed by atoms with E-state index in [4.69, 9.17) is 9.15 Å². The highest BCUT2D eigenvalue weighted by molar-refractivity contribution is 5.02. The average Bonchev–Trinajstić information content (AvgIpc) is 2.67. The van der Waals surface area contributed by atoms with Gasteiger partial charge in [0.15, 0.2) is 0 Å². The summed E-state index contributed by atoms with van der Waals surface area (Å²) in [5.41, 5.74) is 0. The Hall–Kier alpha value is -0.800. The fraction of sp³-hybridized carbons (Fsp3) is 0.636. The zero-order valence-electron chi connectivity index (χ0n) is 9.12. The van der Waals surface area contributed by atoms with Gasteiger partial charge in [-0.1, -0.05) is 6.92 Å². The molecule has 0 radical (unpaired) electrons. The molecule has 0 aliphatic carbocycles. The van der Waals surface area contributed by atoms with E-state index in [9.17, 15) is 0 Å². The Morgan fingerprint density at radius 3 is 2.86 bits per heavy atom. The average molecular weight is 197 g/mol. The smallest absolute Gasteiger partial charge is 0.120 e. The lowest BCUT2D eigenvalue weighted by Gasteiger charge is -2.15. The van der Waals surface area contributed by atoms with Crippen molar-refractivity contribution in [1.82, 2.24) is 5.32 Å². The van der Waals surface area contributed by atoms with E-state index in [2.05, 4.69) is 19.2 Å². The first-order valence-electron chi connectivity index (χ1n) is 4.99. The normalized spacial score (nSPS) is 15.4. The van der Waals surface area contributed by atoms with E-state index >= 15 is 0 Å². The van der Waals surface area contributed by atoms with Gasteiger partial charge in [0.1, 0.15) is 5.76 Å². The Labute approximate surface area is 85.4 Å². The number of hydrogen-bond donors (Lipinski definition) is 1. The van der Waals surface area contributed by atoms with Crippen LogP contribution >= 0.6 is 0 Å². The van der Waals surface area contributed by atoms with Gasteiger partial charge in [-0.05, 0) is 25.0 Å². The van der Waals surface area contributed by atoms with Crippen LogP contribution in [0.1, 0.15) is 25.6 Å². The third-order valence-electron chi connectivity index (χ3n) is 2.19. The molecule has 0 saturated heterocycles. The Balaban J connectivity index is 2.24. The van der Waals surface area contributed by atoms with E-state index in [1.807, 2.05) is 12.1 Å². The fourth-order valence-electron chi connectivity index (χ4n) is 1.36. The third kappa shape index (κ3) is 3.52. The second kappa shape index (κ2) is 5.83. The molecular weight excluding hydrogens is 178 g/mol. The standard InChI is InChI=1S/C11H19NO2/c1-9(8-13-3)7-12-10(2)11-5-4-6-14-11/h4-6,9-10,12H,7-8H2,1-3H3. The molecule has 0 spiro atoms. The van der Waals surface area contributed by atoms with Crippen LogP contribution in [0, 0.1) is 5.92 Å². The van der Waals surface area contributed by atoms with Gasteiger partial charge < -0.3 is 14.5 Å². The van der Waals surface area contributed by atoms with E-state index < -0.39 is 0 Å². The van der Waals surface area contributed by atoms with Gasteiger partial charge in [-0.2, -0.15) is 0 Å². The number of hydrogen-bond acceptors (Lipinski definition) is 3. The molecule has 1 aromatic heterocycles.